The molecule has 0 unspecified atom stereocenters. The van der Waals surface area contributed by atoms with Gasteiger partial charge in [-0.1, -0.05) is 18.2 Å². The van der Waals surface area contributed by atoms with E-state index in [-0.39, 0.29) is 0 Å². The summed E-state index contributed by atoms with van der Waals surface area (Å²) in [5.41, 5.74) is 10.3. The Labute approximate surface area is 134 Å². The van der Waals surface area contributed by atoms with Crippen molar-refractivity contribution in [1.29, 1.82) is 0 Å². The third-order valence-corrected chi connectivity index (χ3v) is 5.54. The minimum Gasteiger partial charge on any atom is -0.383 e. The van der Waals surface area contributed by atoms with E-state index in [2.05, 4.69) is 39.5 Å². The lowest BCUT2D eigenvalue weighted by molar-refractivity contribution is 1.09. The second-order valence-corrected chi connectivity index (χ2v) is 6.72. The second kappa shape index (κ2) is 4.58. The molecule has 0 saturated heterocycles. The highest BCUT2D eigenvalue weighted by molar-refractivity contribution is 9.10. The maximum absolute atomic E-state index is 6.38. The van der Waals surface area contributed by atoms with Gasteiger partial charge in [-0.2, -0.15) is 0 Å². The van der Waals surface area contributed by atoms with Crippen molar-refractivity contribution in [2.24, 2.45) is 0 Å². The van der Waals surface area contributed by atoms with Crippen molar-refractivity contribution >= 4 is 48.8 Å². The normalized spacial score (nSPS) is 11.5. The number of pyridine rings is 1. The van der Waals surface area contributed by atoms with E-state index in [0.717, 1.165) is 27.1 Å². The van der Waals surface area contributed by atoms with Gasteiger partial charge < -0.3 is 5.73 Å². The zero-order valence-corrected chi connectivity index (χ0v) is 13.7. The van der Waals surface area contributed by atoms with E-state index in [4.69, 9.17) is 10.7 Å². The summed E-state index contributed by atoms with van der Waals surface area (Å²) in [4.78, 5) is 4.73. The molecule has 0 radical (unpaired) electrons. The lowest BCUT2D eigenvalue weighted by Crippen LogP contribution is -1.98. The number of hydrogen-bond acceptors (Lipinski definition) is 3. The molecule has 0 aliphatic heterocycles. The fourth-order valence-corrected chi connectivity index (χ4v) is 3.90. The zero-order valence-electron chi connectivity index (χ0n) is 11.3. The van der Waals surface area contributed by atoms with Crippen molar-refractivity contribution in [3.05, 3.63) is 51.9 Å². The Morgan fingerprint density at radius 1 is 1.19 bits per heavy atom. The molecule has 3 heterocycles. The molecule has 0 atom stereocenters. The van der Waals surface area contributed by atoms with Crippen molar-refractivity contribution in [1.82, 2.24) is 9.38 Å². The van der Waals surface area contributed by atoms with Crippen LogP contribution < -0.4 is 5.73 Å². The highest BCUT2D eigenvalue weighted by atomic mass is 79.9. The Hall–Kier alpha value is -1.85. The molecule has 0 amide bonds. The Kier molecular flexibility index (Phi) is 2.80. The SMILES string of the molecule is Cc1c(Br)ccc2nc(-c3csc4ccccc34)c(N)n12. The molecular weight excluding hydrogens is 346 g/mol. The van der Waals surface area contributed by atoms with Gasteiger partial charge in [-0.3, -0.25) is 4.40 Å². The van der Waals surface area contributed by atoms with Gasteiger partial charge in [0.15, 0.2) is 0 Å². The minimum absolute atomic E-state index is 0.687. The van der Waals surface area contributed by atoms with E-state index >= 15 is 0 Å². The Bertz CT molecular complexity index is 984. The van der Waals surface area contributed by atoms with Crippen LogP contribution in [0.3, 0.4) is 0 Å². The Balaban J connectivity index is 2.07. The summed E-state index contributed by atoms with van der Waals surface area (Å²) in [6.45, 7) is 2.03. The molecule has 5 heteroatoms. The third-order valence-electron chi connectivity index (χ3n) is 3.73. The number of fused-ring (bicyclic) bond motifs is 2. The van der Waals surface area contributed by atoms with E-state index < -0.39 is 0 Å². The van der Waals surface area contributed by atoms with Gasteiger partial charge in [-0.05, 0) is 41.1 Å². The van der Waals surface area contributed by atoms with Gasteiger partial charge in [0.25, 0.3) is 0 Å². The van der Waals surface area contributed by atoms with Crippen LogP contribution in [0.2, 0.25) is 0 Å². The van der Waals surface area contributed by atoms with Gasteiger partial charge in [-0.15, -0.1) is 11.3 Å². The smallest absolute Gasteiger partial charge is 0.139 e. The summed E-state index contributed by atoms with van der Waals surface area (Å²) in [7, 11) is 0. The van der Waals surface area contributed by atoms with E-state index in [1.165, 1.54) is 10.1 Å². The molecule has 4 aromatic rings. The first-order valence-electron chi connectivity index (χ1n) is 6.56. The summed E-state index contributed by atoms with van der Waals surface area (Å²) < 4.78 is 4.27. The molecule has 3 aromatic heterocycles. The molecular formula is C16H12BrN3S. The molecule has 1 aromatic carbocycles. The number of thiophene rings is 1. The predicted octanol–water partition coefficient (Wildman–Crippen LogP) is 4.87. The first-order chi connectivity index (χ1) is 10.2. The lowest BCUT2D eigenvalue weighted by Gasteiger charge is -2.04. The number of anilines is 1. The second-order valence-electron chi connectivity index (χ2n) is 4.95. The first kappa shape index (κ1) is 12.9. The van der Waals surface area contributed by atoms with Gasteiger partial charge in [0.2, 0.25) is 0 Å². The van der Waals surface area contributed by atoms with Crippen LogP contribution in [0.5, 0.6) is 0 Å². The number of hydrogen-bond donors (Lipinski definition) is 1. The molecule has 0 saturated carbocycles. The lowest BCUT2D eigenvalue weighted by atomic mass is 10.1. The number of aromatic nitrogens is 2. The van der Waals surface area contributed by atoms with Crippen molar-refractivity contribution in [3.63, 3.8) is 0 Å². The summed E-state index contributed by atoms with van der Waals surface area (Å²) in [5, 5.41) is 3.34. The van der Waals surface area contributed by atoms with E-state index in [9.17, 15) is 0 Å². The van der Waals surface area contributed by atoms with Crippen LogP contribution in [0, 0.1) is 6.92 Å². The number of nitrogens with zero attached hydrogens (tertiary/aromatic N) is 2. The average molecular weight is 358 g/mol. The highest BCUT2D eigenvalue weighted by Gasteiger charge is 2.16. The molecule has 2 N–H and O–H groups in total. The maximum Gasteiger partial charge on any atom is 0.139 e. The molecule has 0 spiro atoms. The third kappa shape index (κ3) is 1.81. The molecule has 21 heavy (non-hydrogen) atoms. The van der Waals surface area contributed by atoms with Crippen LogP contribution in [0.25, 0.3) is 27.0 Å². The van der Waals surface area contributed by atoms with Crippen LogP contribution in [-0.4, -0.2) is 9.38 Å². The molecule has 0 aliphatic rings. The summed E-state index contributed by atoms with van der Waals surface area (Å²) in [6.07, 6.45) is 0. The molecule has 3 nitrogen and oxygen atoms in total. The topological polar surface area (TPSA) is 43.3 Å². The van der Waals surface area contributed by atoms with Crippen molar-refractivity contribution in [3.8, 4) is 11.3 Å². The van der Waals surface area contributed by atoms with Gasteiger partial charge in [0, 0.05) is 31.2 Å². The number of aryl methyl sites for hydroxylation is 1. The summed E-state index contributed by atoms with van der Waals surface area (Å²) >= 11 is 5.27. The van der Waals surface area contributed by atoms with Crippen LogP contribution in [0.15, 0.2) is 46.3 Å². The van der Waals surface area contributed by atoms with E-state index in [1.54, 1.807) is 11.3 Å². The van der Waals surface area contributed by atoms with Gasteiger partial charge in [0.1, 0.15) is 17.2 Å². The largest absolute Gasteiger partial charge is 0.383 e. The van der Waals surface area contributed by atoms with Gasteiger partial charge in [-0.25, -0.2) is 4.98 Å². The zero-order chi connectivity index (χ0) is 14.6. The number of benzene rings is 1. The summed E-state index contributed by atoms with van der Waals surface area (Å²) in [6, 6.07) is 12.3. The monoisotopic (exact) mass is 357 g/mol. The van der Waals surface area contributed by atoms with E-state index in [0.29, 0.717) is 5.82 Å². The molecule has 4 rings (SSSR count). The van der Waals surface area contributed by atoms with E-state index in [1.807, 2.05) is 29.5 Å². The summed E-state index contributed by atoms with van der Waals surface area (Å²) in [5.74, 6) is 0.687. The molecule has 0 fully saturated rings. The first-order valence-corrected chi connectivity index (χ1v) is 8.23. The minimum atomic E-state index is 0.687. The molecule has 0 bridgehead atoms. The van der Waals surface area contributed by atoms with Crippen molar-refractivity contribution in [2.75, 3.05) is 5.73 Å². The number of imidazole rings is 1. The van der Waals surface area contributed by atoms with Crippen LogP contribution in [0.4, 0.5) is 5.82 Å². The fraction of sp³-hybridized carbons (Fsp3) is 0.0625. The average Bonchev–Trinajstić information content (AvgIpc) is 3.05. The molecule has 104 valence electrons. The van der Waals surface area contributed by atoms with Crippen LogP contribution in [0.1, 0.15) is 5.69 Å². The number of nitrogen functional groups attached to an aromatic ring is 1. The standard InChI is InChI=1S/C16H12BrN3S/c1-9-12(17)6-7-14-19-15(16(18)20(9)14)11-8-21-13-5-3-2-4-10(11)13/h2-8H,18H2,1H3. The number of nitrogens with two attached hydrogens (primary N) is 1. The Morgan fingerprint density at radius 3 is 2.86 bits per heavy atom. The van der Waals surface area contributed by atoms with Crippen molar-refractivity contribution in [2.45, 2.75) is 6.92 Å². The van der Waals surface area contributed by atoms with Crippen LogP contribution >= 0.6 is 27.3 Å². The van der Waals surface area contributed by atoms with Gasteiger partial charge in [0.05, 0.1) is 0 Å². The number of halogens is 1. The molecule has 0 aliphatic carbocycles. The Morgan fingerprint density at radius 2 is 2.00 bits per heavy atom. The van der Waals surface area contributed by atoms with Crippen LogP contribution in [-0.2, 0) is 0 Å². The highest BCUT2D eigenvalue weighted by Crippen LogP contribution is 2.37. The number of rotatable bonds is 1. The maximum atomic E-state index is 6.38. The van der Waals surface area contributed by atoms with Gasteiger partial charge >= 0.3 is 0 Å². The quantitative estimate of drug-likeness (QED) is 0.528. The fourth-order valence-electron chi connectivity index (χ4n) is 2.65. The predicted molar refractivity (Wildman–Crippen MR) is 92.9 cm³/mol. The van der Waals surface area contributed by atoms with Crippen molar-refractivity contribution < 1.29 is 0 Å².